The fraction of sp³-hybridized carbons (Fsp3) is 0.0769. The predicted octanol–water partition coefficient (Wildman–Crippen LogP) is 2.86. The average molecular weight is 314 g/mol. The van der Waals surface area contributed by atoms with Gasteiger partial charge in [0.05, 0.1) is 17.7 Å². The van der Waals surface area contributed by atoms with Gasteiger partial charge >= 0.3 is 0 Å². The molecule has 0 aromatic heterocycles. The van der Waals surface area contributed by atoms with E-state index in [2.05, 4.69) is 4.72 Å². The zero-order valence-electron chi connectivity index (χ0n) is 10.5. The van der Waals surface area contributed by atoms with Gasteiger partial charge in [0.1, 0.15) is 11.5 Å². The van der Waals surface area contributed by atoms with Crippen molar-refractivity contribution in [2.24, 2.45) is 0 Å². The largest absolute Gasteiger partial charge is 0.506 e. The molecule has 0 aliphatic rings. The van der Waals surface area contributed by atoms with Gasteiger partial charge in [-0.3, -0.25) is 4.72 Å². The molecule has 0 unspecified atom stereocenters. The van der Waals surface area contributed by atoms with E-state index >= 15 is 0 Å². The Labute approximate surface area is 121 Å². The second-order valence-electron chi connectivity index (χ2n) is 3.94. The Bertz CT molecular complexity index is 714. The number of aromatic hydroxyl groups is 1. The van der Waals surface area contributed by atoms with E-state index < -0.39 is 10.0 Å². The number of phenolic OH excluding ortho intramolecular Hbond substituents is 1. The summed E-state index contributed by atoms with van der Waals surface area (Å²) in [6, 6.07) is 9.96. The van der Waals surface area contributed by atoms with Crippen LogP contribution in [0.5, 0.6) is 11.5 Å². The molecule has 0 saturated carbocycles. The Morgan fingerprint density at radius 2 is 1.80 bits per heavy atom. The summed E-state index contributed by atoms with van der Waals surface area (Å²) in [5.74, 6) is 0.236. The molecule has 7 heteroatoms. The molecule has 2 rings (SSSR count). The van der Waals surface area contributed by atoms with Crippen molar-refractivity contribution in [2.75, 3.05) is 11.8 Å². The molecule has 0 aliphatic carbocycles. The van der Waals surface area contributed by atoms with Gasteiger partial charge in [0.2, 0.25) is 0 Å². The molecule has 0 fully saturated rings. The number of halogens is 1. The van der Waals surface area contributed by atoms with Gasteiger partial charge in [0, 0.05) is 11.1 Å². The minimum absolute atomic E-state index is 0.0410. The number of anilines is 1. The van der Waals surface area contributed by atoms with Crippen molar-refractivity contribution in [3.63, 3.8) is 0 Å². The number of hydrogen-bond donors (Lipinski definition) is 2. The first-order valence-corrected chi connectivity index (χ1v) is 7.44. The first-order chi connectivity index (χ1) is 9.42. The van der Waals surface area contributed by atoms with E-state index in [9.17, 15) is 13.5 Å². The SMILES string of the molecule is COc1ccc(O)c(NS(=O)(=O)c2ccc(Cl)cc2)c1. The summed E-state index contributed by atoms with van der Waals surface area (Å²) in [5.41, 5.74) is 0.0410. The molecule has 20 heavy (non-hydrogen) atoms. The Kier molecular flexibility index (Phi) is 4.06. The number of rotatable bonds is 4. The topological polar surface area (TPSA) is 75.6 Å². The summed E-state index contributed by atoms with van der Waals surface area (Å²) >= 11 is 5.71. The lowest BCUT2D eigenvalue weighted by atomic mass is 10.3. The van der Waals surface area contributed by atoms with Crippen LogP contribution in [0.1, 0.15) is 0 Å². The van der Waals surface area contributed by atoms with Crippen LogP contribution in [0.15, 0.2) is 47.4 Å². The van der Waals surface area contributed by atoms with Crippen LogP contribution in [0, 0.1) is 0 Å². The van der Waals surface area contributed by atoms with Crippen molar-refractivity contribution >= 4 is 27.3 Å². The molecule has 0 saturated heterocycles. The van der Waals surface area contributed by atoms with Gasteiger partial charge in [0.25, 0.3) is 10.0 Å². The van der Waals surface area contributed by atoms with Crippen LogP contribution in [0.25, 0.3) is 0 Å². The number of phenols is 1. The van der Waals surface area contributed by atoms with E-state index in [1.165, 1.54) is 49.6 Å². The third-order valence-corrected chi connectivity index (χ3v) is 4.21. The molecule has 0 atom stereocenters. The predicted molar refractivity (Wildman–Crippen MR) is 76.9 cm³/mol. The van der Waals surface area contributed by atoms with Crippen LogP contribution in [0.3, 0.4) is 0 Å². The van der Waals surface area contributed by atoms with E-state index in [-0.39, 0.29) is 16.3 Å². The highest BCUT2D eigenvalue weighted by molar-refractivity contribution is 7.92. The Morgan fingerprint density at radius 1 is 1.15 bits per heavy atom. The fourth-order valence-corrected chi connectivity index (χ4v) is 2.73. The van der Waals surface area contributed by atoms with Crippen LogP contribution in [0.4, 0.5) is 5.69 Å². The van der Waals surface area contributed by atoms with E-state index in [0.717, 1.165) is 0 Å². The van der Waals surface area contributed by atoms with Crippen LogP contribution >= 0.6 is 11.6 Å². The molecule has 2 aromatic rings. The highest BCUT2D eigenvalue weighted by Gasteiger charge is 2.16. The standard InChI is InChI=1S/C13H12ClNO4S/c1-19-10-4-7-13(16)12(8-10)15-20(17,18)11-5-2-9(14)3-6-11/h2-8,15-16H,1H3. The number of sulfonamides is 1. The maximum Gasteiger partial charge on any atom is 0.262 e. The molecular weight excluding hydrogens is 302 g/mol. The van der Waals surface area contributed by atoms with Gasteiger partial charge < -0.3 is 9.84 Å². The Morgan fingerprint density at radius 3 is 2.40 bits per heavy atom. The third kappa shape index (κ3) is 3.15. The molecule has 0 heterocycles. The fourth-order valence-electron chi connectivity index (χ4n) is 1.54. The van der Waals surface area contributed by atoms with Gasteiger partial charge in [0.15, 0.2) is 0 Å². The van der Waals surface area contributed by atoms with Crippen molar-refractivity contribution in [1.29, 1.82) is 0 Å². The number of benzene rings is 2. The lowest BCUT2D eigenvalue weighted by molar-refractivity contribution is 0.413. The maximum atomic E-state index is 12.2. The minimum Gasteiger partial charge on any atom is -0.506 e. The second-order valence-corrected chi connectivity index (χ2v) is 6.06. The van der Waals surface area contributed by atoms with Gasteiger partial charge in [-0.25, -0.2) is 8.42 Å². The summed E-state index contributed by atoms with van der Waals surface area (Å²) in [7, 11) is -2.35. The Balaban J connectivity index is 2.35. The zero-order valence-corrected chi connectivity index (χ0v) is 12.1. The minimum atomic E-state index is -3.80. The number of hydrogen-bond acceptors (Lipinski definition) is 4. The second kappa shape index (κ2) is 5.60. The lowest BCUT2D eigenvalue weighted by Crippen LogP contribution is -2.13. The quantitative estimate of drug-likeness (QED) is 0.851. The summed E-state index contributed by atoms with van der Waals surface area (Å²) in [5, 5.41) is 10.1. The average Bonchev–Trinajstić information content (AvgIpc) is 2.41. The lowest BCUT2D eigenvalue weighted by Gasteiger charge is -2.11. The van der Waals surface area contributed by atoms with Crippen LogP contribution in [-0.2, 0) is 10.0 Å². The molecular formula is C13H12ClNO4S. The molecule has 0 radical (unpaired) electrons. The molecule has 0 spiro atoms. The smallest absolute Gasteiger partial charge is 0.262 e. The maximum absolute atomic E-state index is 12.2. The van der Waals surface area contributed by atoms with E-state index in [4.69, 9.17) is 16.3 Å². The van der Waals surface area contributed by atoms with Crippen molar-refractivity contribution in [3.05, 3.63) is 47.5 Å². The van der Waals surface area contributed by atoms with Crippen LogP contribution < -0.4 is 9.46 Å². The van der Waals surface area contributed by atoms with Gasteiger partial charge in [-0.05, 0) is 36.4 Å². The van der Waals surface area contributed by atoms with E-state index in [1.54, 1.807) is 0 Å². The van der Waals surface area contributed by atoms with Gasteiger partial charge in [-0.15, -0.1) is 0 Å². The van der Waals surface area contributed by atoms with E-state index in [1.807, 2.05) is 0 Å². The first kappa shape index (κ1) is 14.5. The molecule has 2 N–H and O–H groups in total. The number of nitrogens with one attached hydrogen (secondary N) is 1. The third-order valence-electron chi connectivity index (χ3n) is 2.57. The van der Waals surface area contributed by atoms with Crippen LogP contribution in [-0.4, -0.2) is 20.6 Å². The molecule has 2 aromatic carbocycles. The van der Waals surface area contributed by atoms with Crippen molar-refractivity contribution in [3.8, 4) is 11.5 Å². The van der Waals surface area contributed by atoms with Gasteiger partial charge in [-0.2, -0.15) is 0 Å². The number of ether oxygens (including phenoxy) is 1. The van der Waals surface area contributed by atoms with Crippen molar-refractivity contribution < 1.29 is 18.3 Å². The van der Waals surface area contributed by atoms with Crippen LogP contribution in [0.2, 0.25) is 5.02 Å². The molecule has 0 aliphatic heterocycles. The Hall–Kier alpha value is -1.92. The molecule has 5 nitrogen and oxygen atoms in total. The van der Waals surface area contributed by atoms with Gasteiger partial charge in [-0.1, -0.05) is 11.6 Å². The van der Waals surface area contributed by atoms with Crippen molar-refractivity contribution in [1.82, 2.24) is 0 Å². The summed E-state index contributed by atoms with van der Waals surface area (Å²) in [4.78, 5) is 0.0455. The highest BCUT2D eigenvalue weighted by atomic mass is 35.5. The summed E-state index contributed by atoms with van der Waals surface area (Å²) < 4.78 is 31.6. The normalized spacial score (nSPS) is 11.1. The summed E-state index contributed by atoms with van der Waals surface area (Å²) in [6.07, 6.45) is 0. The first-order valence-electron chi connectivity index (χ1n) is 5.58. The van der Waals surface area contributed by atoms with Crippen molar-refractivity contribution in [2.45, 2.75) is 4.90 Å². The van der Waals surface area contributed by atoms with E-state index in [0.29, 0.717) is 10.8 Å². The molecule has 0 amide bonds. The number of methoxy groups -OCH3 is 1. The monoisotopic (exact) mass is 313 g/mol. The zero-order chi connectivity index (χ0) is 14.8. The molecule has 106 valence electrons. The highest BCUT2D eigenvalue weighted by Crippen LogP contribution is 2.30. The summed E-state index contributed by atoms with van der Waals surface area (Å²) in [6.45, 7) is 0. The molecule has 0 bridgehead atoms.